The summed E-state index contributed by atoms with van der Waals surface area (Å²) < 4.78 is 6.55. The fraction of sp³-hybridized carbons (Fsp3) is 0.611. The molecule has 0 bridgehead atoms. The number of carbonyl (C=O) groups excluding carboxylic acids is 1. The molecule has 0 amide bonds. The number of unbranched alkanes of at least 4 members (excludes halogenated alkanes) is 1. The first kappa shape index (κ1) is 20.9. The highest BCUT2D eigenvalue weighted by atomic mass is 28.4. The molecule has 0 aliphatic rings. The Balaban J connectivity index is 2.46. The Morgan fingerprint density at radius 2 is 1.79 bits per heavy atom. The van der Waals surface area contributed by atoms with Crippen molar-refractivity contribution >= 4 is 28.5 Å². The topological polar surface area (TPSA) is 52.1 Å². The minimum atomic E-state index is -1.89. The Kier molecular flexibility index (Phi) is 8.19. The largest absolute Gasteiger partial charge is 0.453 e. The van der Waals surface area contributed by atoms with Crippen molar-refractivity contribution in [1.82, 2.24) is 9.97 Å². The summed E-state index contributed by atoms with van der Waals surface area (Å²) in [4.78, 5) is 20.1. The van der Waals surface area contributed by atoms with Crippen molar-refractivity contribution in [3.8, 4) is 0 Å². The molecule has 0 fully saturated rings. The maximum atomic E-state index is 11.7. The zero-order valence-electron chi connectivity index (χ0n) is 16.0. The Bertz CT molecular complexity index is 543. The van der Waals surface area contributed by atoms with Gasteiger partial charge in [-0.3, -0.25) is 4.79 Å². The number of hydrogen-bond donors (Lipinski definition) is 0. The molecule has 1 rings (SSSR count). The summed E-state index contributed by atoms with van der Waals surface area (Å²) in [5, 5.41) is 0. The van der Waals surface area contributed by atoms with Gasteiger partial charge in [0.2, 0.25) is 0 Å². The first-order valence-corrected chi connectivity index (χ1v) is 14.9. The molecule has 24 heavy (non-hydrogen) atoms. The molecule has 4 nitrogen and oxygen atoms in total. The number of Topliss-reactive ketones (excluding diaryl/α,β-unsaturated/α-hetero) is 1. The Hall–Kier alpha value is -1.12. The monoisotopic (exact) mass is 364 g/mol. The minimum Gasteiger partial charge on any atom is -0.453 e. The number of carbonyl (C=O) groups is 1. The normalized spacial score (nSPS) is 13.0. The number of rotatable bonds is 10. The second-order valence-corrected chi connectivity index (χ2v) is 16.1. The molecular formula is C18H32N2O2Si2. The Labute approximate surface area is 149 Å². The van der Waals surface area contributed by atoms with Gasteiger partial charge in [-0.25, -0.2) is 9.97 Å². The average molecular weight is 365 g/mol. The molecule has 6 heteroatoms. The van der Waals surface area contributed by atoms with E-state index in [9.17, 15) is 4.79 Å². The number of hydrogen-bond acceptors (Lipinski definition) is 4. The molecule has 134 valence electrons. The summed E-state index contributed by atoms with van der Waals surface area (Å²) in [5.74, 6) is 1.26. The van der Waals surface area contributed by atoms with Gasteiger partial charge in [0.1, 0.15) is 5.78 Å². The molecular weight excluding hydrogens is 332 g/mol. The van der Waals surface area contributed by atoms with Gasteiger partial charge >= 0.3 is 0 Å². The summed E-state index contributed by atoms with van der Waals surface area (Å²) >= 11 is 0. The molecule has 0 aliphatic heterocycles. The molecule has 0 N–H and O–H groups in total. The van der Waals surface area contributed by atoms with Gasteiger partial charge in [-0.2, -0.15) is 0 Å². The van der Waals surface area contributed by atoms with Gasteiger partial charge in [-0.1, -0.05) is 26.0 Å². The lowest BCUT2D eigenvalue weighted by molar-refractivity contribution is -0.122. The van der Waals surface area contributed by atoms with E-state index in [0.717, 1.165) is 24.7 Å². The predicted octanol–water partition coefficient (Wildman–Crippen LogP) is 4.85. The van der Waals surface area contributed by atoms with Crippen molar-refractivity contribution < 1.29 is 8.91 Å². The molecule has 0 atom stereocenters. The van der Waals surface area contributed by atoms with Crippen LogP contribution in [0.2, 0.25) is 32.2 Å². The van der Waals surface area contributed by atoms with Gasteiger partial charge in [0.15, 0.2) is 22.5 Å². The predicted molar refractivity (Wildman–Crippen MR) is 106 cm³/mol. The van der Waals surface area contributed by atoms with Crippen molar-refractivity contribution in [3.05, 3.63) is 30.0 Å². The van der Waals surface area contributed by atoms with Crippen LogP contribution in [-0.4, -0.2) is 32.4 Å². The van der Waals surface area contributed by atoms with E-state index in [1.165, 1.54) is 0 Å². The number of nitrogens with zero attached hydrogens (tertiary/aromatic N) is 2. The van der Waals surface area contributed by atoms with Crippen molar-refractivity contribution in [2.45, 2.75) is 65.3 Å². The van der Waals surface area contributed by atoms with Crippen LogP contribution >= 0.6 is 0 Å². The first-order valence-electron chi connectivity index (χ1n) is 8.80. The summed E-state index contributed by atoms with van der Waals surface area (Å²) in [7, 11) is -3.60. The standard InChI is InChI=1S/C18H32N2O2Si2/c1-16(2)17(21)10-7-8-14-23(3,4)22-24(5,6)15-11-18-19-12-9-13-20-18/h9,11-13,15-16H,7-8,10,14H2,1-6H3/b15-11-. The summed E-state index contributed by atoms with van der Waals surface area (Å²) in [6, 6.07) is 2.92. The second-order valence-electron chi connectivity index (χ2n) is 7.73. The maximum Gasteiger partial charge on any atom is 0.198 e. The molecule has 1 aromatic rings. The van der Waals surface area contributed by atoms with Crippen LogP contribution < -0.4 is 0 Å². The van der Waals surface area contributed by atoms with Gasteiger partial charge in [-0.15, -0.1) is 0 Å². The highest BCUT2D eigenvalue weighted by Gasteiger charge is 2.30. The molecule has 0 saturated heterocycles. The first-order chi connectivity index (χ1) is 11.1. The molecule has 0 saturated carbocycles. The quantitative estimate of drug-likeness (QED) is 0.440. The zero-order valence-corrected chi connectivity index (χ0v) is 18.0. The van der Waals surface area contributed by atoms with E-state index < -0.39 is 16.6 Å². The highest BCUT2D eigenvalue weighted by molar-refractivity contribution is 6.87. The van der Waals surface area contributed by atoms with Crippen molar-refractivity contribution in [3.63, 3.8) is 0 Å². The van der Waals surface area contributed by atoms with Crippen LogP contribution in [0.25, 0.3) is 6.08 Å². The molecule has 0 spiro atoms. The molecule has 1 heterocycles. The van der Waals surface area contributed by atoms with Crippen LogP contribution in [0.5, 0.6) is 0 Å². The third kappa shape index (κ3) is 8.66. The van der Waals surface area contributed by atoms with E-state index in [-0.39, 0.29) is 5.92 Å². The van der Waals surface area contributed by atoms with E-state index in [2.05, 4.69) is 41.9 Å². The molecule has 0 radical (unpaired) electrons. The molecule has 0 aromatic carbocycles. The van der Waals surface area contributed by atoms with Crippen LogP contribution in [0.15, 0.2) is 24.2 Å². The average Bonchev–Trinajstić information content (AvgIpc) is 2.49. The zero-order chi connectivity index (χ0) is 18.2. The summed E-state index contributed by atoms with van der Waals surface area (Å²) in [6.07, 6.45) is 8.23. The number of aromatic nitrogens is 2. The van der Waals surface area contributed by atoms with E-state index in [0.29, 0.717) is 12.2 Å². The molecule has 1 aromatic heterocycles. The van der Waals surface area contributed by atoms with Gasteiger partial charge in [0, 0.05) is 24.7 Å². The van der Waals surface area contributed by atoms with Crippen LogP contribution in [0.4, 0.5) is 0 Å². The maximum absolute atomic E-state index is 11.7. The summed E-state index contributed by atoms with van der Waals surface area (Å²) in [5.41, 5.74) is 2.17. The number of ketones is 1. The summed E-state index contributed by atoms with van der Waals surface area (Å²) in [6.45, 7) is 12.9. The third-order valence-electron chi connectivity index (χ3n) is 3.85. The van der Waals surface area contributed by atoms with Gasteiger partial charge < -0.3 is 4.12 Å². The molecule has 0 aliphatic carbocycles. The smallest absolute Gasteiger partial charge is 0.198 e. The van der Waals surface area contributed by atoms with E-state index in [1.54, 1.807) is 12.4 Å². The van der Waals surface area contributed by atoms with Crippen LogP contribution in [-0.2, 0) is 8.91 Å². The van der Waals surface area contributed by atoms with E-state index >= 15 is 0 Å². The fourth-order valence-corrected chi connectivity index (χ4v) is 10.6. The molecule has 0 unspecified atom stereocenters. The Morgan fingerprint density at radius 1 is 1.17 bits per heavy atom. The lowest BCUT2D eigenvalue weighted by Crippen LogP contribution is -2.43. The van der Waals surface area contributed by atoms with Crippen LogP contribution in [0, 0.1) is 5.92 Å². The third-order valence-corrected chi connectivity index (χ3v) is 10.7. The van der Waals surface area contributed by atoms with Crippen molar-refractivity contribution in [2.75, 3.05) is 0 Å². The van der Waals surface area contributed by atoms with Crippen LogP contribution in [0.1, 0.15) is 38.9 Å². The minimum absolute atomic E-state index is 0.156. The fourth-order valence-electron chi connectivity index (χ4n) is 2.61. The van der Waals surface area contributed by atoms with Crippen molar-refractivity contribution in [2.24, 2.45) is 5.92 Å². The van der Waals surface area contributed by atoms with Gasteiger partial charge in [0.05, 0.1) is 0 Å². The second kappa shape index (κ2) is 9.39. The lowest BCUT2D eigenvalue weighted by Gasteiger charge is -2.32. The van der Waals surface area contributed by atoms with E-state index in [4.69, 9.17) is 4.12 Å². The van der Waals surface area contributed by atoms with Gasteiger partial charge in [0.25, 0.3) is 0 Å². The Morgan fingerprint density at radius 3 is 2.38 bits per heavy atom. The van der Waals surface area contributed by atoms with Crippen molar-refractivity contribution in [1.29, 1.82) is 0 Å². The van der Waals surface area contributed by atoms with E-state index in [1.807, 2.05) is 26.0 Å². The highest BCUT2D eigenvalue weighted by Crippen LogP contribution is 2.22. The SMILES string of the molecule is CC(C)C(=O)CCCC[Si](C)(C)O[Si](C)(C)/C=C\c1ncccn1. The lowest BCUT2D eigenvalue weighted by atomic mass is 10.0. The van der Waals surface area contributed by atoms with Gasteiger partial charge in [-0.05, 0) is 50.8 Å². The van der Waals surface area contributed by atoms with Crippen LogP contribution in [0.3, 0.4) is 0 Å².